The highest BCUT2D eigenvalue weighted by molar-refractivity contribution is 6.05. The van der Waals surface area contributed by atoms with Crippen LogP contribution < -0.4 is 4.74 Å². The van der Waals surface area contributed by atoms with Gasteiger partial charge in [0.05, 0.1) is 13.2 Å². The molecule has 4 rings (SSSR count). The summed E-state index contributed by atoms with van der Waals surface area (Å²) in [5.74, 6) is -1.03. The Bertz CT molecular complexity index is 1090. The number of hydrogen-bond donors (Lipinski definition) is 1. The smallest absolute Gasteiger partial charge is 0.290 e. The van der Waals surface area contributed by atoms with Crippen molar-refractivity contribution in [3.8, 4) is 5.75 Å². The van der Waals surface area contributed by atoms with Crippen molar-refractivity contribution in [1.29, 1.82) is 0 Å². The first-order valence-electron chi connectivity index (χ1n) is 9.36. The SMILES string of the molecule is COc1ccc(C2=C(O)C(=O)N(Cc3ccc(F)cc3)[C@@H]2c2ccc(F)cc2)cc1. The van der Waals surface area contributed by atoms with Crippen LogP contribution in [0.5, 0.6) is 5.75 Å². The van der Waals surface area contributed by atoms with Crippen LogP contribution >= 0.6 is 0 Å². The number of methoxy groups -OCH3 is 1. The lowest BCUT2D eigenvalue weighted by Crippen LogP contribution is -2.29. The van der Waals surface area contributed by atoms with Gasteiger partial charge in [-0.3, -0.25) is 4.79 Å². The van der Waals surface area contributed by atoms with Crippen molar-refractivity contribution < 1.29 is 23.4 Å². The van der Waals surface area contributed by atoms with Crippen LogP contribution in [0.2, 0.25) is 0 Å². The van der Waals surface area contributed by atoms with Crippen LogP contribution in [0, 0.1) is 11.6 Å². The molecule has 30 heavy (non-hydrogen) atoms. The molecule has 1 amide bonds. The molecule has 1 aliphatic heterocycles. The van der Waals surface area contributed by atoms with Crippen molar-refractivity contribution in [2.45, 2.75) is 12.6 Å². The highest BCUT2D eigenvalue weighted by Gasteiger charge is 2.41. The lowest BCUT2D eigenvalue weighted by Gasteiger charge is -2.27. The van der Waals surface area contributed by atoms with Crippen LogP contribution in [0.1, 0.15) is 22.7 Å². The van der Waals surface area contributed by atoms with Crippen LogP contribution in [0.3, 0.4) is 0 Å². The average molecular weight is 407 g/mol. The summed E-state index contributed by atoms with van der Waals surface area (Å²) < 4.78 is 32.0. The van der Waals surface area contributed by atoms with Gasteiger partial charge in [0.25, 0.3) is 5.91 Å². The van der Waals surface area contributed by atoms with Crippen molar-refractivity contribution in [3.63, 3.8) is 0 Å². The number of amides is 1. The van der Waals surface area contributed by atoms with Crippen molar-refractivity contribution in [2.24, 2.45) is 0 Å². The molecule has 3 aromatic carbocycles. The van der Waals surface area contributed by atoms with Gasteiger partial charge >= 0.3 is 0 Å². The van der Waals surface area contributed by atoms with Gasteiger partial charge in [-0.15, -0.1) is 0 Å². The van der Waals surface area contributed by atoms with Gasteiger partial charge in [0.2, 0.25) is 0 Å². The van der Waals surface area contributed by atoms with Crippen LogP contribution in [0.4, 0.5) is 8.78 Å². The Labute approximate surface area is 172 Å². The molecule has 1 N–H and O–H groups in total. The molecule has 0 spiro atoms. The van der Waals surface area contributed by atoms with Crippen molar-refractivity contribution in [1.82, 2.24) is 4.90 Å². The Morgan fingerprint density at radius 3 is 2.03 bits per heavy atom. The monoisotopic (exact) mass is 407 g/mol. The van der Waals surface area contributed by atoms with Crippen LogP contribution in [0.25, 0.3) is 5.57 Å². The minimum Gasteiger partial charge on any atom is -0.503 e. The zero-order valence-electron chi connectivity index (χ0n) is 16.2. The Kier molecular flexibility index (Phi) is 5.23. The predicted molar refractivity (Wildman–Crippen MR) is 109 cm³/mol. The van der Waals surface area contributed by atoms with Gasteiger partial charge < -0.3 is 14.7 Å². The number of rotatable bonds is 5. The van der Waals surface area contributed by atoms with Gasteiger partial charge in [0.1, 0.15) is 17.4 Å². The number of aliphatic hydroxyl groups excluding tert-OH is 1. The second-order valence-corrected chi connectivity index (χ2v) is 7.00. The summed E-state index contributed by atoms with van der Waals surface area (Å²) >= 11 is 0. The lowest BCUT2D eigenvalue weighted by atomic mass is 9.93. The van der Waals surface area contributed by atoms with Gasteiger partial charge in [-0.1, -0.05) is 36.4 Å². The molecule has 0 fully saturated rings. The fourth-order valence-corrected chi connectivity index (χ4v) is 3.66. The third-order valence-corrected chi connectivity index (χ3v) is 5.16. The molecule has 1 aliphatic rings. The Hall–Kier alpha value is -3.67. The molecule has 0 aliphatic carbocycles. The van der Waals surface area contributed by atoms with E-state index in [1.54, 1.807) is 55.6 Å². The summed E-state index contributed by atoms with van der Waals surface area (Å²) in [7, 11) is 1.55. The van der Waals surface area contributed by atoms with Crippen LogP contribution in [-0.2, 0) is 11.3 Å². The fourth-order valence-electron chi connectivity index (χ4n) is 3.66. The molecule has 152 valence electrons. The Balaban J connectivity index is 1.79. The summed E-state index contributed by atoms with van der Waals surface area (Å²) in [4.78, 5) is 14.5. The molecular formula is C24H19F2NO3. The third kappa shape index (κ3) is 3.64. The van der Waals surface area contributed by atoms with Gasteiger partial charge in [-0.05, 0) is 53.1 Å². The minimum atomic E-state index is -0.628. The second-order valence-electron chi connectivity index (χ2n) is 7.00. The van der Waals surface area contributed by atoms with E-state index in [9.17, 15) is 18.7 Å². The minimum absolute atomic E-state index is 0.158. The molecule has 4 nitrogen and oxygen atoms in total. The molecule has 0 saturated carbocycles. The summed E-state index contributed by atoms with van der Waals surface area (Å²) in [5.41, 5.74) is 2.44. The molecule has 0 saturated heterocycles. The molecule has 1 atom stereocenters. The summed E-state index contributed by atoms with van der Waals surface area (Å²) in [6.07, 6.45) is 0. The van der Waals surface area contributed by atoms with E-state index < -0.39 is 17.8 Å². The maximum Gasteiger partial charge on any atom is 0.290 e. The van der Waals surface area contributed by atoms with Crippen LogP contribution in [0.15, 0.2) is 78.6 Å². The summed E-state index contributed by atoms with van der Waals surface area (Å²) in [6.45, 7) is 0.158. The van der Waals surface area contributed by atoms with Crippen molar-refractivity contribution >= 4 is 11.5 Å². The Morgan fingerprint density at radius 1 is 0.900 bits per heavy atom. The van der Waals surface area contributed by atoms with E-state index in [1.807, 2.05) is 0 Å². The molecule has 0 aromatic heterocycles. The molecule has 0 unspecified atom stereocenters. The first kappa shape index (κ1) is 19.6. The van der Waals surface area contributed by atoms with Crippen LogP contribution in [-0.4, -0.2) is 23.0 Å². The zero-order chi connectivity index (χ0) is 21.3. The van der Waals surface area contributed by atoms with Crippen molar-refractivity contribution in [2.75, 3.05) is 7.11 Å². The first-order chi connectivity index (χ1) is 14.5. The second kappa shape index (κ2) is 7.99. The largest absolute Gasteiger partial charge is 0.503 e. The average Bonchev–Trinajstić information content (AvgIpc) is 3.01. The van der Waals surface area contributed by atoms with E-state index in [1.165, 1.54) is 29.2 Å². The van der Waals surface area contributed by atoms with Gasteiger partial charge in [0, 0.05) is 12.1 Å². The number of ether oxygens (including phenoxy) is 1. The number of nitrogens with zero attached hydrogens (tertiary/aromatic N) is 1. The normalized spacial score (nSPS) is 16.3. The highest BCUT2D eigenvalue weighted by Crippen LogP contribution is 2.44. The number of carbonyl (C=O) groups is 1. The van der Waals surface area contributed by atoms with E-state index in [0.29, 0.717) is 28.0 Å². The van der Waals surface area contributed by atoms with E-state index in [2.05, 4.69) is 0 Å². The number of benzene rings is 3. The quantitative estimate of drug-likeness (QED) is 0.646. The highest BCUT2D eigenvalue weighted by atomic mass is 19.1. The van der Waals surface area contributed by atoms with E-state index in [-0.39, 0.29) is 18.1 Å². The summed E-state index contributed by atoms with van der Waals surface area (Å²) in [5, 5.41) is 10.7. The lowest BCUT2D eigenvalue weighted by molar-refractivity contribution is -0.130. The fraction of sp³-hybridized carbons (Fsp3) is 0.125. The number of halogens is 2. The molecular weight excluding hydrogens is 388 g/mol. The van der Waals surface area contributed by atoms with Gasteiger partial charge in [-0.25, -0.2) is 8.78 Å². The third-order valence-electron chi connectivity index (χ3n) is 5.16. The predicted octanol–water partition coefficient (Wildman–Crippen LogP) is 5.03. The van der Waals surface area contributed by atoms with E-state index in [4.69, 9.17) is 4.74 Å². The topological polar surface area (TPSA) is 49.8 Å². The van der Waals surface area contributed by atoms with Crippen molar-refractivity contribution in [3.05, 3.63) is 107 Å². The molecule has 3 aromatic rings. The molecule has 6 heteroatoms. The van der Waals surface area contributed by atoms with E-state index in [0.717, 1.165) is 0 Å². The van der Waals surface area contributed by atoms with Gasteiger partial charge in [-0.2, -0.15) is 0 Å². The molecule has 0 bridgehead atoms. The zero-order valence-corrected chi connectivity index (χ0v) is 16.2. The standard InChI is InChI=1S/C24H19F2NO3/c1-30-20-12-6-16(7-13-20)21-22(17-4-10-19(26)11-5-17)27(24(29)23(21)28)14-15-2-8-18(25)9-3-15/h2-13,22,28H,14H2,1H3/t22-/m1/s1. The Morgan fingerprint density at radius 2 is 1.47 bits per heavy atom. The maximum absolute atomic E-state index is 13.5. The number of carbonyl (C=O) groups excluding carboxylic acids is 1. The summed E-state index contributed by atoms with van der Waals surface area (Å²) in [6, 6.07) is 18.0. The molecule has 0 radical (unpaired) electrons. The van der Waals surface area contributed by atoms with Gasteiger partial charge in [0.15, 0.2) is 5.76 Å². The number of hydrogen-bond acceptors (Lipinski definition) is 3. The molecule has 1 heterocycles. The maximum atomic E-state index is 13.5. The first-order valence-corrected chi connectivity index (χ1v) is 9.36. The number of aliphatic hydroxyl groups is 1. The van der Waals surface area contributed by atoms with E-state index >= 15 is 0 Å².